The largest absolute Gasteiger partial charge is 0.332 e. The minimum Gasteiger partial charge on any atom is -0.332 e. The van der Waals surface area contributed by atoms with E-state index in [-0.39, 0.29) is 23.5 Å². The van der Waals surface area contributed by atoms with Crippen molar-refractivity contribution in [3.8, 4) is 6.07 Å². The van der Waals surface area contributed by atoms with Crippen molar-refractivity contribution in [2.45, 2.75) is 13.0 Å². The summed E-state index contributed by atoms with van der Waals surface area (Å²) in [5.41, 5.74) is 1.59. The first-order valence-corrected chi connectivity index (χ1v) is 7.94. The van der Waals surface area contributed by atoms with E-state index in [9.17, 15) is 9.18 Å². The third-order valence-electron chi connectivity index (χ3n) is 3.46. The minimum atomic E-state index is -0.547. The van der Waals surface area contributed by atoms with Crippen LogP contribution < -0.4 is 10.6 Å². The molecular weight excluding hydrogens is 352 g/mol. The Morgan fingerprint density at radius 2 is 2.08 bits per heavy atom. The van der Waals surface area contributed by atoms with E-state index in [1.165, 1.54) is 12.1 Å². The standard InChI is InChI=1S/C17H14Cl2FN3O/c1-10(13-6-16(20)15(19)7-14(13)18)22-9-17(24)23-12-4-2-3-11(5-12)8-21/h2-7,10,22H,9H2,1H3,(H,23,24)/p+1/t10-/m1/s1. The number of hydrogen-bond acceptors (Lipinski definition) is 2. The zero-order valence-electron chi connectivity index (χ0n) is 12.8. The Balaban J connectivity index is 1.96. The summed E-state index contributed by atoms with van der Waals surface area (Å²) in [4.78, 5) is 12.0. The zero-order valence-corrected chi connectivity index (χ0v) is 14.3. The summed E-state index contributed by atoms with van der Waals surface area (Å²) in [6.45, 7) is 1.94. The Morgan fingerprint density at radius 1 is 1.33 bits per heavy atom. The van der Waals surface area contributed by atoms with Gasteiger partial charge in [0.1, 0.15) is 11.9 Å². The Kier molecular flexibility index (Phi) is 6.16. The number of quaternary nitrogens is 1. The topological polar surface area (TPSA) is 69.5 Å². The van der Waals surface area contributed by atoms with E-state index < -0.39 is 5.82 Å². The molecule has 1 amide bonds. The highest BCUT2D eigenvalue weighted by molar-refractivity contribution is 6.35. The van der Waals surface area contributed by atoms with Gasteiger partial charge in [0.05, 0.1) is 21.7 Å². The van der Waals surface area contributed by atoms with Crippen LogP contribution in [0.5, 0.6) is 0 Å². The molecule has 0 bridgehead atoms. The third-order valence-corrected chi connectivity index (χ3v) is 4.08. The Morgan fingerprint density at radius 3 is 2.79 bits per heavy atom. The Bertz CT molecular complexity index is 805. The van der Waals surface area contributed by atoms with Crippen LogP contribution in [0.1, 0.15) is 24.1 Å². The second-order valence-electron chi connectivity index (χ2n) is 5.26. The van der Waals surface area contributed by atoms with Gasteiger partial charge in [0.2, 0.25) is 0 Å². The van der Waals surface area contributed by atoms with Gasteiger partial charge in [-0.25, -0.2) is 4.39 Å². The zero-order chi connectivity index (χ0) is 17.7. The normalized spacial score (nSPS) is 11.6. The second-order valence-corrected chi connectivity index (χ2v) is 6.07. The monoisotopic (exact) mass is 366 g/mol. The maximum Gasteiger partial charge on any atom is 0.279 e. The van der Waals surface area contributed by atoms with Crippen LogP contribution in [0.3, 0.4) is 0 Å². The lowest BCUT2D eigenvalue weighted by Crippen LogP contribution is -2.86. The fourth-order valence-electron chi connectivity index (χ4n) is 2.18. The predicted octanol–water partition coefficient (Wildman–Crippen LogP) is 3.27. The maximum atomic E-state index is 13.6. The summed E-state index contributed by atoms with van der Waals surface area (Å²) in [6, 6.07) is 11.1. The smallest absolute Gasteiger partial charge is 0.279 e. The molecule has 0 aromatic heterocycles. The first-order valence-electron chi connectivity index (χ1n) is 7.18. The molecule has 124 valence electrons. The third kappa shape index (κ3) is 4.68. The van der Waals surface area contributed by atoms with Crippen molar-refractivity contribution in [2.24, 2.45) is 0 Å². The molecule has 0 aliphatic heterocycles. The summed E-state index contributed by atoms with van der Waals surface area (Å²) in [6.07, 6.45) is 0. The summed E-state index contributed by atoms with van der Waals surface area (Å²) in [5.74, 6) is -0.781. The van der Waals surface area contributed by atoms with Crippen LogP contribution in [0.15, 0.2) is 36.4 Å². The van der Waals surface area contributed by atoms with Gasteiger partial charge in [0.25, 0.3) is 5.91 Å². The SMILES string of the molecule is C[C@@H]([NH2+]CC(=O)Nc1cccc(C#N)c1)c1cc(F)c(Cl)cc1Cl. The molecule has 0 saturated carbocycles. The Labute approximate surface area is 149 Å². The average Bonchev–Trinajstić information content (AvgIpc) is 2.56. The molecule has 1 atom stereocenters. The number of benzene rings is 2. The number of nitrogens with one attached hydrogen (secondary N) is 1. The molecule has 3 N–H and O–H groups in total. The lowest BCUT2D eigenvalue weighted by Gasteiger charge is -2.13. The molecule has 4 nitrogen and oxygen atoms in total. The first-order chi connectivity index (χ1) is 11.4. The van der Waals surface area contributed by atoms with E-state index in [1.807, 2.05) is 13.0 Å². The van der Waals surface area contributed by atoms with Gasteiger partial charge in [0, 0.05) is 11.3 Å². The van der Waals surface area contributed by atoms with Crippen LogP contribution in [0.25, 0.3) is 0 Å². The number of hydrogen-bond donors (Lipinski definition) is 2. The van der Waals surface area contributed by atoms with Crippen LogP contribution in [-0.2, 0) is 4.79 Å². The number of carbonyl (C=O) groups is 1. The van der Waals surface area contributed by atoms with Crippen molar-refractivity contribution in [3.05, 3.63) is 63.4 Å². The van der Waals surface area contributed by atoms with Crippen molar-refractivity contribution in [1.82, 2.24) is 0 Å². The molecule has 0 fully saturated rings. The molecule has 0 heterocycles. The molecule has 0 saturated heterocycles. The number of amides is 1. The fourth-order valence-corrected chi connectivity index (χ4v) is 2.73. The summed E-state index contributed by atoms with van der Waals surface area (Å²) in [7, 11) is 0. The van der Waals surface area contributed by atoms with Gasteiger partial charge < -0.3 is 10.6 Å². The van der Waals surface area contributed by atoms with Gasteiger partial charge in [-0.2, -0.15) is 5.26 Å². The molecule has 7 heteroatoms. The van der Waals surface area contributed by atoms with E-state index in [4.69, 9.17) is 28.5 Å². The lowest BCUT2D eigenvalue weighted by molar-refractivity contribution is -0.682. The van der Waals surface area contributed by atoms with Gasteiger partial charge in [-0.05, 0) is 37.3 Å². The quantitative estimate of drug-likeness (QED) is 0.797. The van der Waals surface area contributed by atoms with E-state index >= 15 is 0 Å². The van der Waals surface area contributed by atoms with E-state index in [0.29, 0.717) is 21.8 Å². The second kappa shape index (κ2) is 8.11. The maximum absolute atomic E-state index is 13.6. The van der Waals surface area contributed by atoms with Gasteiger partial charge >= 0.3 is 0 Å². The number of rotatable bonds is 5. The van der Waals surface area contributed by atoms with Crippen LogP contribution in [0, 0.1) is 17.1 Å². The molecule has 0 radical (unpaired) electrons. The highest BCUT2D eigenvalue weighted by atomic mass is 35.5. The van der Waals surface area contributed by atoms with E-state index in [1.54, 1.807) is 29.6 Å². The number of halogens is 3. The van der Waals surface area contributed by atoms with Gasteiger partial charge in [0.15, 0.2) is 6.54 Å². The number of nitrogens with two attached hydrogens (primary N) is 1. The van der Waals surface area contributed by atoms with Crippen LogP contribution >= 0.6 is 23.2 Å². The number of anilines is 1. The van der Waals surface area contributed by atoms with Crippen molar-refractivity contribution in [3.63, 3.8) is 0 Å². The van der Waals surface area contributed by atoms with Crippen molar-refractivity contribution < 1.29 is 14.5 Å². The summed E-state index contributed by atoms with van der Waals surface area (Å²) in [5, 5.41) is 13.6. The summed E-state index contributed by atoms with van der Waals surface area (Å²) >= 11 is 11.7. The molecule has 2 rings (SSSR count). The van der Waals surface area contributed by atoms with E-state index in [0.717, 1.165) is 0 Å². The van der Waals surface area contributed by atoms with Crippen molar-refractivity contribution in [2.75, 3.05) is 11.9 Å². The molecule has 2 aromatic carbocycles. The highest BCUT2D eigenvalue weighted by Crippen LogP contribution is 2.27. The average molecular weight is 367 g/mol. The number of nitriles is 1. The van der Waals surface area contributed by atoms with Crippen molar-refractivity contribution in [1.29, 1.82) is 5.26 Å². The highest BCUT2D eigenvalue weighted by Gasteiger charge is 2.17. The van der Waals surface area contributed by atoms with Gasteiger partial charge in [-0.3, -0.25) is 4.79 Å². The lowest BCUT2D eigenvalue weighted by atomic mass is 10.1. The van der Waals surface area contributed by atoms with E-state index in [2.05, 4.69) is 5.32 Å². The van der Waals surface area contributed by atoms with Gasteiger partial charge in [-0.1, -0.05) is 29.3 Å². The van der Waals surface area contributed by atoms with Crippen LogP contribution in [-0.4, -0.2) is 12.5 Å². The predicted molar refractivity (Wildman–Crippen MR) is 91.4 cm³/mol. The Hall–Kier alpha value is -2.13. The van der Waals surface area contributed by atoms with Gasteiger partial charge in [-0.15, -0.1) is 0 Å². The molecule has 0 aliphatic rings. The molecule has 24 heavy (non-hydrogen) atoms. The summed E-state index contributed by atoms with van der Waals surface area (Å²) < 4.78 is 13.6. The molecule has 0 unspecified atom stereocenters. The fraction of sp³-hybridized carbons (Fsp3) is 0.176. The number of carbonyl (C=O) groups excluding carboxylic acids is 1. The molecule has 0 spiro atoms. The van der Waals surface area contributed by atoms with Crippen LogP contribution in [0.4, 0.5) is 10.1 Å². The minimum absolute atomic E-state index is 0.0360. The first kappa shape index (κ1) is 18.2. The molecular formula is C17H15Cl2FN3O+. The number of nitrogens with zero attached hydrogens (tertiary/aromatic N) is 1. The molecule has 2 aromatic rings. The molecule has 0 aliphatic carbocycles. The van der Waals surface area contributed by atoms with Crippen LogP contribution in [0.2, 0.25) is 10.0 Å². The van der Waals surface area contributed by atoms with Crippen molar-refractivity contribution >= 4 is 34.8 Å².